The Morgan fingerprint density at radius 1 is 1.36 bits per heavy atom. The maximum Gasteiger partial charge on any atom is 0.348 e. The Hall–Kier alpha value is -2.33. The Morgan fingerprint density at radius 3 is 2.72 bits per heavy atom. The molecular formula is C18H21NO5S. The molecule has 1 aliphatic rings. The zero-order valence-corrected chi connectivity index (χ0v) is 15.6. The van der Waals surface area contributed by atoms with E-state index in [-0.39, 0.29) is 12.5 Å². The molecule has 1 aromatic rings. The lowest BCUT2D eigenvalue weighted by atomic mass is 10.1. The summed E-state index contributed by atoms with van der Waals surface area (Å²) in [5, 5.41) is 0. The van der Waals surface area contributed by atoms with Gasteiger partial charge in [0.1, 0.15) is 16.5 Å². The van der Waals surface area contributed by atoms with Crippen molar-refractivity contribution in [3.05, 3.63) is 21.9 Å². The molecule has 0 spiro atoms. The molecule has 2 rings (SSSR count). The highest BCUT2D eigenvalue weighted by Crippen LogP contribution is 2.22. The van der Waals surface area contributed by atoms with Crippen LogP contribution in [0.3, 0.4) is 0 Å². The topological polar surface area (TPSA) is 72.9 Å². The number of thiophene rings is 1. The van der Waals surface area contributed by atoms with Crippen molar-refractivity contribution >= 4 is 29.2 Å². The van der Waals surface area contributed by atoms with Crippen molar-refractivity contribution in [2.45, 2.75) is 45.3 Å². The average molecular weight is 363 g/mol. The van der Waals surface area contributed by atoms with E-state index in [1.807, 2.05) is 0 Å². The molecule has 0 aromatic carbocycles. The summed E-state index contributed by atoms with van der Waals surface area (Å²) < 4.78 is 10.0. The van der Waals surface area contributed by atoms with Crippen molar-refractivity contribution in [3.63, 3.8) is 0 Å². The molecule has 2 heterocycles. The number of ether oxygens (including phenoxy) is 2. The van der Waals surface area contributed by atoms with E-state index in [1.54, 1.807) is 32.9 Å². The van der Waals surface area contributed by atoms with E-state index < -0.39 is 23.6 Å². The van der Waals surface area contributed by atoms with Gasteiger partial charge in [-0.3, -0.25) is 4.79 Å². The van der Waals surface area contributed by atoms with Gasteiger partial charge in [-0.1, -0.05) is 11.8 Å². The average Bonchev–Trinajstić information content (AvgIpc) is 3.12. The van der Waals surface area contributed by atoms with Gasteiger partial charge in [0.15, 0.2) is 0 Å². The number of nitrogens with zero attached hydrogens (tertiary/aromatic N) is 1. The van der Waals surface area contributed by atoms with Crippen molar-refractivity contribution < 1.29 is 23.9 Å². The Bertz CT molecular complexity index is 735. The van der Waals surface area contributed by atoms with E-state index in [9.17, 15) is 14.4 Å². The van der Waals surface area contributed by atoms with Crippen LogP contribution in [0, 0.1) is 11.8 Å². The highest BCUT2D eigenvalue weighted by molar-refractivity contribution is 7.14. The van der Waals surface area contributed by atoms with Crippen LogP contribution in [0.15, 0.2) is 12.1 Å². The molecule has 1 saturated heterocycles. The van der Waals surface area contributed by atoms with Gasteiger partial charge in [-0.25, -0.2) is 9.59 Å². The lowest BCUT2D eigenvalue weighted by Crippen LogP contribution is -2.42. The third-order valence-electron chi connectivity index (χ3n) is 3.46. The number of methoxy groups -OCH3 is 1. The second-order valence-corrected chi connectivity index (χ2v) is 7.65. The molecule has 0 aliphatic carbocycles. The minimum atomic E-state index is -0.596. The molecule has 1 atom stereocenters. The summed E-state index contributed by atoms with van der Waals surface area (Å²) in [6, 6.07) is 2.78. The standard InChI is InChI=1S/C18H21NO5S/c1-18(2,3)24-16(21)13-8-10-15(20)19(13)11-5-6-12-7-9-14(25-12)17(22)23-4/h7,9,13H,8,10-11H2,1-4H3. The molecule has 25 heavy (non-hydrogen) atoms. The van der Waals surface area contributed by atoms with E-state index in [1.165, 1.54) is 23.3 Å². The second kappa shape index (κ2) is 7.70. The largest absolute Gasteiger partial charge is 0.465 e. The molecule has 1 aliphatic heterocycles. The molecule has 0 radical (unpaired) electrons. The number of carbonyl (C=O) groups is 3. The number of hydrogen-bond acceptors (Lipinski definition) is 6. The predicted molar refractivity (Wildman–Crippen MR) is 93.1 cm³/mol. The first kappa shape index (κ1) is 19.0. The van der Waals surface area contributed by atoms with Gasteiger partial charge in [-0.05, 0) is 39.3 Å². The number of carbonyl (C=O) groups excluding carboxylic acids is 3. The van der Waals surface area contributed by atoms with E-state index in [0.717, 1.165) is 0 Å². The summed E-state index contributed by atoms with van der Waals surface area (Å²) in [5.41, 5.74) is -0.596. The van der Waals surface area contributed by atoms with Crippen LogP contribution < -0.4 is 0 Å². The first-order valence-electron chi connectivity index (χ1n) is 7.90. The van der Waals surface area contributed by atoms with E-state index in [0.29, 0.717) is 22.6 Å². The molecule has 1 aromatic heterocycles. The quantitative estimate of drug-likeness (QED) is 0.608. The first-order chi connectivity index (χ1) is 11.7. The fraction of sp³-hybridized carbons (Fsp3) is 0.500. The minimum absolute atomic E-state index is 0.105. The third-order valence-corrected chi connectivity index (χ3v) is 4.44. The van der Waals surface area contributed by atoms with Gasteiger partial charge in [0.05, 0.1) is 18.5 Å². The number of amides is 1. The van der Waals surface area contributed by atoms with Crippen LogP contribution in [0.2, 0.25) is 0 Å². The zero-order chi connectivity index (χ0) is 18.6. The lowest BCUT2D eigenvalue weighted by Gasteiger charge is -2.26. The fourth-order valence-corrected chi connectivity index (χ4v) is 3.17. The van der Waals surface area contributed by atoms with E-state index in [4.69, 9.17) is 4.74 Å². The molecule has 6 nitrogen and oxygen atoms in total. The van der Waals surface area contributed by atoms with Crippen LogP contribution in [0.4, 0.5) is 0 Å². The predicted octanol–water partition coefficient (Wildman–Crippen LogP) is 2.22. The molecular weight excluding hydrogens is 342 g/mol. The Morgan fingerprint density at radius 2 is 2.08 bits per heavy atom. The van der Waals surface area contributed by atoms with Gasteiger partial charge < -0.3 is 14.4 Å². The third kappa shape index (κ3) is 5.07. The highest BCUT2D eigenvalue weighted by Gasteiger charge is 2.38. The van der Waals surface area contributed by atoms with Gasteiger partial charge in [-0.15, -0.1) is 11.3 Å². The Balaban J connectivity index is 2.03. The molecule has 7 heteroatoms. The zero-order valence-electron chi connectivity index (χ0n) is 14.8. The number of esters is 2. The number of likely N-dealkylation sites (tertiary alicyclic amines) is 1. The van der Waals surface area contributed by atoms with Crippen molar-refractivity contribution in [3.8, 4) is 11.8 Å². The summed E-state index contributed by atoms with van der Waals surface area (Å²) in [5.74, 6) is 4.90. The van der Waals surface area contributed by atoms with Crippen LogP contribution >= 0.6 is 11.3 Å². The highest BCUT2D eigenvalue weighted by atomic mass is 32.1. The smallest absolute Gasteiger partial charge is 0.348 e. The van der Waals surface area contributed by atoms with Crippen molar-refractivity contribution in [2.75, 3.05) is 13.7 Å². The summed E-state index contributed by atoms with van der Waals surface area (Å²) in [6.45, 7) is 5.53. The van der Waals surface area contributed by atoms with Gasteiger partial charge in [-0.2, -0.15) is 0 Å². The van der Waals surface area contributed by atoms with Crippen LogP contribution in [-0.4, -0.2) is 48.0 Å². The molecule has 0 bridgehead atoms. The van der Waals surface area contributed by atoms with Gasteiger partial charge in [0.25, 0.3) is 0 Å². The molecule has 1 amide bonds. The van der Waals surface area contributed by atoms with Crippen LogP contribution in [0.25, 0.3) is 0 Å². The number of hydrogen-bond donors (Lipinski definition) is 0. The van der Waals surface area contributed by atoms with Crippen LogP contribution in [0.5, 0.6) is 0 Å². The van der Waals surface area contributed by atoms with Crippen LogP contribution in [-0.2, 0) is 19.1 Å². The molecule has 1 unspecified atom stereocenters. The first-order valence-corrected chi connectivity index (χ1v) is 8.72. The molecule has 0 N–H and O–H groups in total. The fourth-order valence-electron chi connectivity index (χ4n) is 2.37. The van der Waals surface area contributed by atoms with Crippen molar-refractivity contribution in [1.29, 1.82) is 0 Å². The lowest BCUT2D eigenvalue weighted by molar-refractivity contribution is -0.161. The van der Waals surface area contributed by atoms with Crippen molar-refractivity contribution in [1.82, 2.24) is 4.90 Å². The molecule has 0 saturated carbocycles. The normalized spacial score (nSPS) is 17.0. The number of rotatable bonds is 3. The summed E-state index contributed by atoms with van der Waals surface area (Å²) in [4.78, 5) is 38.3. The minimum Gasteiger partial charge on any atom is -0.465 e. The van der Waals surface area contributed by atoms with Gasteiger partial charge >= 0.3 is 11.9 Å². The van der Waals surface area contributed by atoms with Gasteiger partial charge in [0, 0.05) is 6.42 Å². The maximum absolute atomic E-state index is 12.2. The van der Waals surface area contributed by atoms with Gasteiger partial charge in [0.2, 0.25) is 5.91 Å². The Labute approximate surface area is 151 Å². The SMILES string of the molecule is COC(=O)c1ccc(C#CCN2C(=O)CCC2C(=O)OC(C)(C)C)s1. The summed E-state index contributed by atoms with van der Waals surface area (Å²) in [7, 11) is 1.32. The summed E-state index contributed by atoms with van der Waals surface area (Å²) in [6.07, 6.45) is 0.762. The Kier molecular flexibility index (Phi) is 5.85. The van der Waals surface area contributed by atoms with Crippen LogP contribution in [0.1, 0.15) is 48.2 Å². The molecule has 134 valence electrons. The van der Waals surface area contributed by atoms with E-state index >= 15 is 0 Å². The summed E-state index contributed by atoms with van der Waals surface area (Å²) >= 11 is 1.22. The monoisotopic (exact) mass is 363 g/mol. The van der Waals surface area contributed by atoms with Crippen molar-refractivity contribution in [2.24, 2.45) is 0 Å². The van der Waals surface area contributed by atoms with E-state index in [2.05, 4.69) is 16.6 Å². The maximum atomic E-state index is 12.2. The second-order valence-electron chi connectivity index (χ2n) is 6.57. The molecule has 1 fully saturated rings.